The van der Waals surface area contributed by atoms with Crippen molar-refractivity contribution < 1.29 is 0 Å². The molecule has 1 atom stereocenters. The number of nitrogens with zero attached hydrogens (tertiary/aromatic N) is 3. The molecule has 0 aliphatic carbocycles. The van der Waals surface area contributed by atoms with Crippen molar-refractivity contribution in [2.45, 2.75) is 58.9 Å². The zero-order valence-electron chi connectivity index (χ0n) is 14.2. The molecule has 1 fully saturated rings. The average molecular weight is 290 g/mol. The van der Waals surface area contributed by atoms with Gasteiger partial charge in [-0.1, -0.05) is 13.8 Å². The van der Waals surface area contributed by atoms with Gasteiger partial charge in [-0.05, 0) is 45.4 Å². The van der Waals surface area contributed by atoms with Crippen LogP contribution in [0.4, 0.5) is 5.82 Å². The Balaban J connectivity index is 1.99. The summed E-state index contributed by atoms with van der Waals surface area (Å²) in [5.41, 5.74) is 1.33. The molecule has 118 valence electrons. The van der Waals surface area contributed by atoms with Gasteiger partial charge in [0.1, 0.15) is 12.1 Å². The highest BCUT2D eigenvalue weighted by molar-refractivity contribution is 5.40. The number of rotatable bonds is 4. The van der Waals surface area contributed by atoms with Crippen LogP contribution in [0.15, 0.2) is 12.4 Å². The van der Waals surface area contributed by atoms with E-state index in [1.54, 1.807) is 6.33 Å². The summed E-state index contributed by atoms with van der Waals surface area (Å²) in [7, 11) is 0. The third-order valence-electron chi connectivity index (χ3n) is 4.03. The Bertz CT molecular complexity index is 450. The molecule has 1 N–H and O–H groups in total. The van der Waals surface area contributed by atoms with E-state index in [1.165, 1.54) is 12.8 Å². The van der Waals surface area contributed by atoms with Gasteiger partial charge < -0.3 is 10.2 Å². The van der Waals surface area contributed by atoms with E-state index in [1.807, 2.05) is 0 Å². The van der Waals surface area contributed by atoms with Crippen LogP contribution < -0.4 is 10.2 Å². The fourth-order valence-electron chi connectivity index (χ4n) is 2.74. The van der Waals surface area contributed by atoms with Gasteiger partial charge in [-0.25, -0.2) is 9.97 Å². The Hall–Kier alpha value is -1.16. The Morgan fingerprint density at radius 2 is 2.10 bits per heavy atom. The number of anilines is 1. The van der Waals surface area contributed by atoms with E-state index in [0.29, 0.717) is 11.8 Å². The number of hydrogen-bond donors (Lipinski definition) is 1. The quantitative estimate of drug-likeness (QED) is 0.924. The third-order valence-corrected chi connectivity index (χ3v) is 4.03. The van der Waals surface area contributed by atoms with Crippen molar-refractivity contribution in [3.8, 4) is 0 Å². The zero-order valence-corrected chi connectivity index (χ0v) is 14.2. The lowest BCUT2D eigenvalue weighted by Gasteiger charge is -2.35. The molecule has 0 amide bonds. The number of hydrogen-bond acceptors (Lipinski definition) is 4. The van der Waals surface area contributed by atoms with Crippen LogP contribution in [-0.2, 0) is 0 Å². The Morgan fingerprint density at radius 3 is 2.76 bits per heavy atom. The summed E-state index contributed by atoms with van der Waals surface area (Å²) in [5.74, 6) is 2.25. The van der Waals surface area contributed by atoms with Crippen LogP contribution >= 0.6 is 0 Å². The summed E-state index contributed by atoms with van der Waals surface area (Å²) < 4.78 is 0. The maximum atomic E-state index is 4.48. The predicted molar refractivity (Wildman–Crippen MR) is 88.8 cm³/mol. The summed E-state index contributed by atoms with van der Waals surface area (Å²) in [4.78, 5) is 11.3. The van der Waals surface area contributed by atoms with Gasteiger partial charge >= 0.3 is 0 Å². The second-order valence-corrected chi connectivity index (χ2v) is 7.54. The van der Waals surface area contributed by atoms with Crippen LogP contribution in [0, 0.1) is 5.92 Å². The first-order valence-corrected chi connectivity index (χ1v) is 8.17. The highest BCUT2D eigenvalue weighted by Gasteiger charge is 2.22. The Kier molecular flexibility index (Phi) is 5.20. The topological polar surface area (TPSA) is 41.0 Å². The smallest absolute Gasteiger partial charge is 0.132 e. The van der Waals surface area contributed by atoms with Gasteiger partial charge in [0.05, 0.1) is 0 Å². The molecular formula is C17H30N4. The molecule has 0 radical (unpaired) electrons. The molecule has 4 nitrogen and oxygen atoms in total. The highest BCUT2D eigenvalue weighted by atomic mass is 15.2. The van der Waals surface area contributed by atoms with Gasteiger partial charge in [-0.3, -0.25) is 0 Å². The molecule has 1 aliphatic rings. The molecule has 21 heavy (non-hydrogen) atoms. The highest BCUT2D eigenvalue weighted by Crippen LogP contribution is 2.23. The standard InChI is InChI=1S/C17H30N4/c1-13(2)15-9-16(19-12-18-15)21-8-6-7-14(11-21)10-20-17(3,4)5/h9,12-14,20H,6-8,10-11H2,1-5H3. The largest absolute Gasteiger partial charge is 0.356 e. The van der Waals surface area contributed by atoms with Crippen molar-refractivity contribution in [2.24, 2.45) is 5.92 Å². The molecule has 0 spiro atoms. The van der Waals surface area contributed by atoms with E-state index in [2.05, 4.69) is 60.9 Å². The summed E-state index contributed by atoms with van der Waals surface area (Å²) in [6, 6.07) is 2.16. The van der Waals surface area contributed by atoms with Crippen LogP contribution in [0.5, 0.6) is 0 Å². The van der Waals surface area contributed by atoms with Crippen molar-refractivity contribution in [2.75, 3.05) is 24.5 Å². The van der Waals surface area contributed by atoms with Crippen LogP contribution in [0.25, 0.3) is 0 Å². The van der Waals surface area contributed by atoms with Gasteiger partial charge in [0, 0.05) is 36.9 Å². The molecule has 2 heterocycles. The van der Waals surface area contributed by atoms with Gasteiger partial charge in [-0.15, -0.1) is 0 Å². The molecule has 1 aromatic heterocycles. The first kappa shape index (κ1) is 16.2. The van der Waals surface area contributed by atoms with E-state index < -0.39 is 0 Å². The van der Waals surface area contributed by atoms with Gasteiger partial charge in [0.25, 0.3) is 0 Å². The monoisotopic (exact) mass is 290 g/mol. The van der Waals surface area contributed by atoms with Crippen LogP contribution in [0.3, 0.4) is 0 Å². The summed E-state index contributed by atoms with van der Waals surface area (Å²) in [5, 5.41) is 3.63. The van der Waals surface area contributed by atoms with Gasteiger partial charge in [0.15, 0.2) is 0 Å². The molecule has 4 heteroatoms. The van der Waals surface area contributed by atoms with Crippen molar-refractivity contribution in [1.29, 1.82) is 0 Å². The molecule has 1 aromatic rings. The van der Waals surface area contributed by atoms with Gasteiger partial charge in [0.2, 0.25) is 0 Å². The normalized spacial score (nSPS) is 20.1. The van der Waals surface area contributed by atoms with Crippen molar-refractivity contribution in [1.82, 2.24) is 15.3 Å². The van der Waals surface area contributed by atoms with Gasteiger partial charge in [-0.2, -0.15) is 0 Å². The summed E-state index contributed by atoms with van der Waals surface area (Å²) in [6.07, 6.45) is 4.26. The Morgan fingerprint density at radius 1 is 1.33 bits per heavy atom. The van der Waals surface area contributed by atoms with Crippen molar-refractivity contribution >= 4 is 5.82 Å². The van der Waals surface area contributed by atoms with E-state index in [0.717, 1.165) is 31.1 Å². The molecule has 0 aromatic carbocycles. The maximum Gasteiger partial charge on any atom is 0.132 e. The molecular weight excluding hydrogens is 260 g/mol. The minimum absolute atomic E-state index is 0.196. The fourth-order valence-corrected chi connectivity index (χ4v) is 2.74. The molecule has 0 bridgehead atoms. The lowest BCUT2D eigenvalue weighted by molar-refractivity contribution is 0.335. The first-order chi connectivity index (χ1) is 9.85. The number of piperidine rings is 1. The molecule has 0 saturated carbocycles. The second-order valence-electron chi connectivity index (χ2n) is 7.54. The number of nitrogens with one attached hydrogen (secondary N) is 1. The lowest BCUT2D eigenvalue weighted by atomic mass is 9.96. The predicted octanol–water partition coefficient (Wildman–Crippen LogP) is 3.20. The molecule has 1 aliphatic heterocycles. The van der Waals surface area contributed by atoms with E-state index in [9.17, 15) is 0 Å². The van der Waals surface area contributed by atoms with Crippen LogP contribution in [-0.4, -0.2) is 35.1 Å². The SMILES string of the molecule is CC(C)c1cc(N2CCCC(CNC(C)(C)C)C2)ncn1. The summed E-state index contributed by atoms with van der Waals surface area (Å²) in [6.45, 7) is 14.3. The zero-order chi connectivity index (χ0) is 15.5. The second kappa shape index (κ2) is 6.73. The van der Waals surface area contributed by atoms with Crippen molar-refractivity contribution in [3.63, 3.8) is 0 Å². The molecule has 1 saturated heterocycles. The Labute approximate surface area is 129 Å². The van der Waals surface area contributed by atoms with Crippen LogP contribution in [0.2, 0.25) is 0 Å². The number of aromatic nitrogens is 2. The maximum absolute atomic E-state index is 4.48. The average Bonchev–Trinajstić information content (AvgIpc) is 2.45. The van der Waals surface area contributed by atoms with Crippen LogP contribution in [0.1, 0.15) is 59.1 Å². The van der Waals surface area contributed by atoms with Crippen molar-refractivity contribution in [3.05, 3.63) is 18.1 Å². The van der Waals surface area contributed by atoms with E-state index in [-0.39, 0.29) is 5.54 Å². The molecule has 1 unspecified atom stereocenters. The fraction of sp³-hybridized carbons (Fsp3) is 0.765. The van der Waals surface area contributed by atoms with E-state index >= 15 is 0 Å². The first-order valence-electron chi connectivity index (χ1n) is 8.17. The molecule has 2 rings (SSSR count). The lowest BCUT2D eigenvalue weighted by Crippen LogP contribution is -2.44. The third kappa shape index (κ3) is 4.95. The minimum atomic E-state index is 0.196. The summed E-state index contributed by atoms with van der Waals surface area (Å²) >= 11 is 0. The minimum Gasteiger partial charge on any atom is -0.356 e. The van der Waals surface area contributed by atoms with E-state index in [4.69, 9.17) is 0 Å².